The SMILES string of the molecule is COc1ccc2nc(N3CCCC(COc4ncccn4)C3)sc2c1. The fraction of sp³-hybridized carbons (Fsp3) is 0.389. The number of fused-ring (bicyclic) bond motifs is 1. The number of benzene rings is 1. The Morgan fingerprint density at radius 3 is 3.00 bits per heavy atom. The van der Waals surface area contributed by atoms with Gasteiger partial charge in [-0.15, -0.1) is 0 Å². The maximum absolute atomic E-state index is 5.74. The van der Waals surface area contributed by atoms with Crippen molar-refractivity contribution in [3.63, 3.8) is 0 Å². The molecule has 130 valence electrons. The van der Waals surface area contributed by atoms with E-state index in [1.807, 2.05) is 18.2 Å². The fourth-order valence-corrected chi connectivity index (χ4v) is 4.11. The summed E-state index contributed by atoms with van der Waals surface area (Å²) in [6.07, 6.45) is 5.70. The van der Waals surface area contributed by atoms with E-state index in [9.17, 15) is 0 Å². The van der Waals surface area contributed by atoms with E-state index < -0.39 is 0 Å². The van der Waals surface area contributed by atoms with Gasteiger partial charge in [0, 0.05) is 31.4 Å². The van der Waals surface area contributed by atoms with E-state index in [0.29, 0.717) is 18.5 Å². The molecule has 0 N–H and O–H groups in total. The Balaban J connectivity index is 1.43. The number of ether oxygens (including phenoxy) is 2. The first-order chi connectivity index (χ1) is 12.3. The van der Waals surface area contributed by atoms with Crippen molar-refractivity contribution in [3.8, 4) is 11.8 Å². The topological polar surface area (TPSA) is 60.4 Å². The van der Waals surface area contributed by atoms with Crippen molar-refractivity contribution < 1.29 is 9.47 Å². The second kappa shape index (κ2) is 7.23. The highest BCUT2D eigenvalue weighted by Gasteiger charge is 2.23. The van der Waals surface area contributed by atoms with Crippen LogP contribution in [-0.4, -0.2) is 41.8 Å². The molecule has 1 aromatic carbocycles. The molecule has 3 aromatic rings. The fourth-order valence-electron chi connectivity index (χ4n) is 3.08. The molecule has 3 heterocycles. The minimum Gasteiger partial charge on any atom is -0.497 e. The highest BCUT2D eigenvalue weighted by atomic mass is 32.1. The van der Waals surface area contributed by atoms with E-state index in [0.717, 1.165) is 47.0 Å². The van der Waals surface area contributed by atoms with E-state index in [1.165, 1.54) is 0 Å². The third kappa shape index (κ3) is 3.66. The summed E-state index contributed by atoms with van der Waals surface area (Å²) in [6, 6.07) is 8.27. The van der Waals surface area contributed by atoms with Gasteiger partial charge in [0.2, 0.25) is 0 Å². The zero-order valence-electron chi connectivity index (χ0n) is 14.1. The second-order valence-corrected chi connectivity index (χ2v) is 7.14. The van der Waals surface area contributed by atoms with Crippen LogP contribution < -0.4 is 14.4 Å². The molecule has 1 unspecified atom stereocenters. The Labute approximate surface area is 150 Å². The van der Waals surface area contributed by atoms with Gasteiger partial charge in [-0.3, -0.25) is 0 Å². The van der Waals surface area contributed by atoms with Crippen molar-refractivity contribution in [2.45, 2.75) is 12.8 Å². The van der Waals surface area contributed by atoms with E-state index in [-0.39, 0.29) is 0 Å². The van der Waals surface area contributed by atoms with Crippen LogP contribution in [0.1, 0.15) is 12.8 Å². The van der Waals surface area contributed by atoms with Gasteiger partial charge in [-0.25, -0.2) is 15.0 Å². The monoisotopic (exact) mass is 356 g/mol. The second-order valence-electron chi connectivity index (χ2n) is 6.13. The molecule has 25 heavy (non-hydrogen) atoms. The number of piperidine rings is 1. The van der Waals surface area contributed by atoms with E-state index in [4.69, 9.17) is 14.5 Å². The summed E-state index contributed by atoms with van der Waals surface area (Å²) >= 11 is 1.72. The number of anilines is 1. The van der Waals surface area contributed by atoms with Crippen LogP contribution in [0.5, 0.6) is 11.8 Å². The molecular weight excluding hydrogens is 336 g/mol. The predicted octanol–water partition coefficient (Wildman–Crippen LogP) is 3.39. The summed E-state index contributed by atoms with van der Waals surface area (Å²) in [5, 5.41) is 1.07. The Kier molecular flexibility index (Phi) is 4.65. The molecule has 4 rings (SSSR count). The molecule has 0 spiro atoms. The Hall–Kier alpha value is -2.41. The molecule has 1 atom stereocenters. The average Bonchev–Trinajstić information content (AvgIpc) is 3.10. The normalized spacial score (nSPS) is 17.6. The van der Waals surface area contributed by atoms with Crippen LogP contribution in [0, 0.1) is 5.92 Å². The summed E-state index contributed by atoms with van der Waals surface area (Å²) in [5.74, 6) is 1.33. The van der Waals surface area contributed by atoms with Crippen molar-refractivity contribution in [1.82, 2.24) is 15.0 Å². The summed E-state index contributed by atoms with van der Waals surface area (Å²) in [5.41, 5.74) is 1.02. The number of aromatic nitrogens is 3. The maximum atomic E-state index is 5.74. The highest BCUT2D eigenvalue weighted by molar-refractivity contribution is 7.22. The molecule has 0 aliphatic carbocycles. The number of hydrogen-bond acceptors (Lipinski definition) is 7. The maximum Gasteiger partial charge on any atom is 0.316 e. The lowest BCUT2D eigenvalue weighted by Crippen LogP contribution is -2.37. The summed E-state index contributed by atoms with van der Waals surface area (Å²) in [4.78, 5) is 15.4. The van der Waals surface area contributed by atoms with Crippen LogP contribution in [0.4, 0.5) is 5.13 Å². The predicted molar refractivity (Wildman–Crippen MR) is 98.6 cm³/mol. The lowest BCUT2D eigenvalue weighted by atomic mass is 9.99. The van der Waals surface area contributed by atoms with Crippen molar-refractivity contribution in [1.29, 1.82) is 0 Å². The van der Waals surface area contributed by atoms with Crippen molar-refractivity contribution in [2.24, 2.45) is 5.92 Å². The first kappa shape index (κ1) is 16.1. The van der Waals surface area contributed by atoms with E-state index in [1.54, 1.807) is 36.9 Å². The highest BCUT2D eigenvalue weighted by Crippen LogP contribution is 2.33. The molecule has 6 nitrogen and oxygen atoms in total. The number of methoxy groups -OCH3 is 1. The van der Waals surface area contributed by atoms with Crippen LogP contribution >= 0.6 is 11.3 Å². The van der Waals surface area contributed by atoms with Gasteiger partial charge in [0.25, 0.3) is 0 Å². The third-order valence-corrected chi connectivity index (χ3v) is 5.44. The first-order valence-corrected chi connectivity index (χ1v) is 9.23. The van der Waals surface area contributed by atoms with Crippen LogP contribution in [0.2, 0.25) is 0 Å². The van der Waals surface area contributed by atoms with Crippen LogP contribution in [0.15, 0.2) is 36.7 Å². The Morgan fingerprint density at radius 2 is 2.16 bits per heavy atom. The lowest BCUT2D eigenvalue weighted by molar-refractivity contribution is 0.214. The van der Waals surface area contributed by atoms with E-state index in [2.05, 4.69) is 14.9 Å². The number of nitrogens with zero attached hydrogens (tertiary/aromatic N) is 4. The Bertz CT molecular complexity index is 839. The number of rotatable bonds is 5. The molecule has 0 saturated carbocycles. The smallest absolute Gasteiger partial charge is 0.316 e. The van der Waals surface area contributed by atoms with Gasteiger partial charge in [-0.2, -0.15) is 0 Å². The average molecular weight is 356 g/mol. The summed E-state index contributed by atoms with van der Waals surface area (Å²) < 4.78 is 12.2. The molecule has 0 radical (unpaired) electrons. The zero-order chi connectivity index (χ0) is 17.1. The van der Waals surface area contributed by atoms with Crippen molar-refractivity contribution in [3.05, 3.63) is 36.7 Å². The van der Waals surface area contributed by atoms with Gasteiger partial charge < -0.3 is 14.4 Å². The number of thiazole rings is 1. The molecule has 0 bridgehead atoms. The van der Waals surface area contributed by atoms with Crippen LogP contribution in [0.25, 0.3) is 10.2 Å². The molecule has 1 aliphatic heterocycles. The largest absolute Gasteiger partial charge is 0.497 e. The van der Waals surface area contributed by atoms with Gasteiger partial charge in [0.05, 0.1) is 23.9 Å². The molecule has 1 saturated heterocycles. The lowest BCUT2D eigenvalue weighted by Gasteiger charge is -2.32. The molecule has 2 aromatic heterocycles. The van der Waals surface area contributed by atoms with Gasteiger partial charge in [-0.05, 0) is 37.1 Å². The van der Waals surface area contributed by atoms with Crippen molar-refractivity contribution in [2.75, 3.05) is 31.7 Å². The minimum absolute atomic E-state index is 0.451. The van der Waals surface area contributed by atoms with E-state index >= 15 is 0 Å². The Morgan fingerprint density at radius 1 is 1.28 bits per heavy atom. The molecule has 0 amide bonds. The molecule has 1 aliphatic rings. The first-order valence-electron chi connectivity index (χ1n) is 8.41. The standard InChI is InChI=1S/C18H20N4O2S/c1-23-14-5-6-15-16(10-14)25-18(21-15)22-9-2-4-13(11-22)12-24-17-19-7-3-8-20-17/h3,5-8,10,13H,2,4,9,11-12H2,1H3. The van der Waals surface area contributed by atoms with Gasteiger partial charge >= 0.3 is 6.01 Å². The van der Waals surface area contributed by atoms with Gasteiger partial charge in [-0.1, -0.05) is 11.3 Å². The van der Waals surface area contributed by atoms with Gasteiger partial charge in [0.1, 0.15) is 5.75 Å². The summed E-state index contributed by atoms with van der Waals surface area (Å²) in [6.45, 7) is 2.62. The molecular formula is C18H20N4O2S. The molecule has 1 fully saturated rings. The minimum atomic E-state index is 0.451. The van der Waals surface area contributed by atoms with Crippen LogP contribution in [0.3, 0.4) is 0 Å². The van der Waals surface area contributed by atoms with Crippen LogP contribution in [-0.2, 0) is 0 Å². The summed E-state index contributed by atoms with van der Waals surface area (Å²) in [7, 11) is 1.69. The van der Waals surface area contributed by atoms with Crippen molar-refractivity contribution >= 4 is 26.7 Å². The van der Waals surface area contributed by atoms with Gasteiger partial charge in [0.15, 0.2) is 5.13 Å². The molecule has 7 heteroatoms. The number of hydrogen-bond donors (Lipinski definition) is 0. The quantitative estimate of drug-likeness (QED) is 0.698. The zero-order valence-corrected chi connectivity index (χ0v) is 14.9. The third-order valence-electron chi connectivity index (χ3n) is 4.36.